The fourth-order valence-electron chi connectivity index (χ4n) is 4.82. The Morgan fingerprint density at radius 3 is 2.11 bits per heavy atom. The molecule has 0 N–H and O–H groups in total. The molecule has 0 aliphatic carbocycles. The lowest BCUT2D eigenvalue weighted by molar-refractivity contribution is 0.0696. The highest BCUT2D eigenvalue weighted by molar-refractivity contribution is 7.91. The van der Waals surface area contributed by atoms with E-state index in [1.54, 1.807) is 7.11 Å². The molecule has 0 atom stereocenters. The number of amides is 1. The summed E-state index contributed by atoms with van der Waals surface area (Å²) in [7, 11) is -1.84. The minimum Gasteiger partial charge on any atom is -0.496 e. The predicted octanol–water partition coefficient (Wildman–Crippen LogP) is 6.05. The summed E-state index contributed by atoms with van der Waals surface area (Å²) in [4.78, 5) is 15.8. The van der Waals surface area contributed by atoms with Gasteiger partial charge < -0.3 is 9.64 Å². The molecule has 0 radical (unpaired) electrons. The molecule has 0 bridgehead atoms. The largest absolute Gasteiger partial charge is 0.496 e. The van der Waals surface area contributed by atoms with Gasteiger partial charge in [0.15, 0.2) is 9.84 Å². The predicted molar refractivity (Wildman–Crippen MR) is 142 cm³/mol. The Kier molecular flexibility index (Phi) is 8.23. The Morgan fingerprint density at radius 2 is 1.61 bits per heavy atom. The Bertz CT molecular complexity index is 1180. The number of carbonyl (C=O) groups excluding carboxylic acids is 1. The molecule has 1 fully saturated rings. The van der Waals surface area contributed by atoms with Crippen molar-refractivity contribution in [3.63, 3.8) is 0 Å². The molecule has 1 aliphatic heterocycles. The number of carbonyl (C=O) groups is 1. The molecule has 198 valence electrons. The SMILES string of the molecule is COc1cc(CC(C)(C)C)c(C(=O)N2CCC(CS(=O)(=O)c3ccc(F)cc3)CC2)cc1C(C)(C)C. The van der Waals surface area contributed by atoms with E-state index in [9.17, 15) is 17.6 Å². The Morgan fingerprint density at radius 1 is 1.03 bits per heavy atom. The number of methoxy groups -OCH3 is 1. The maximum atomic E-state index is 13.8. The number of halogens is 1. The summed E-state index contributed by atoms with van der Waals surface area (Å²) in [5, 5.41) is 0. The van der Waals surface area contributed by atoms with Gasteiger partial charge in [0.2, 0.25) is 0 Å². The Labute approximate surface area is 216 Å². The zero-order chi connectivity index (χ0) is 26.9. The minimum atomic E-state index is -3.51. The molecule has 0 aromatic heterocycles. The van der Waals surface area contributed by atoms with Crippen LogP contribution in [-0.4, -0.2) is 45.2 Å². The first-order chi connectivity index (χ1) is 16.6. The number of ether oxygens (including phenoxy) is 1. The number of piperidine rings is 1. The van der Waals surface area contributed by atoms with Gasteiger partial charge in [0.05, 0.1) is 17.8 Å². The highest BCUT2D eigenvalue weighted by Crippen LogP contribution is 2.36. The van der Waals surface area contributed by atoms with E-state index in [-0.39, 0.29) is 33.3 Å². The quantitative estimate of drug-likeness (QED) is 0.438. The highest BCUT2D eigenvalue weighted by Gasteiger charge is 2.31. The highest BCUT2D eigenvalue weighted by atomic mass is 32.2. The molecular formula is C29H40FNO4S. The van der Waals surface area contributed by atoms with E-state index in [0.717, 1.165) is 23.3 Å². The summed E-state index contributed by atoms with van der Waals surface area (Å²) < 4.78 is 44.5. The molecule has 2 aromatic carbocycles. The van der Waals surface area contributed by atoms with E-state index in [0.29, 0.717) is 31.5 Å². The molecule has 1 aliphatic rings. The number of sulfone groups is 1. The van der Waals surface area contributed by atoms with Crippen LogP contribution in [0.1, 0.15) is 75.9 Å². The van der Waals surface area contributed by atoms with Crippen molar-refractivity contribution >= 4 is 15.7 Å². The summed E-state index contributed by atoms with van der Waals surface area (Å²) in [5.41, 5.74) is 2.46. The standard InChI is InChI=1S/C29H40FNO4S/c1-28(2,3)18-21-16-26(35-7)25(29(4,5)6)17-24(21)27(32)31-14-12-20(13-15-31)19-36(33,34)23-10-8-22(30)9-11-23/h8-11,16-17,20H,12-15,18-19H2,1-7H3. The van der Waals surface area contributed by atoms with E-state index < -0.39 is 15.7 Å². The van der Waals surface area contributed by atoms with E-state index in [1.807, 2.05) is 17.0 Å². The second kappa shape index (κ2) is 10.5. The van der Waals surface area contributed by atoms with Crippen LogP contribution in [0.5, 0.6) is 5.75 Å². The molecule has 1 heterocycles. The zero-order valence-electron chi connectivity index (χ0n) is 22.7. The maximum Gasteiger partial charge on any atom is 0.254 e. The summed E-state index contributed by atoms with van der Waals surface area (Å²) >= 11 is 0. The lowest BCUT2D eigenvalue weighted by Crippen LogP contribution is -2.40. The van der Waals surface area contributed by atoms with Gasteiger partial charge in [-0.1, -0.05) is 41.5 Å². The van der Waals surface area contributed by atoms with Crippen LogP contribution in [-0.2, 0) is 21.7 Å². The normalized spacial score (nSPS) is 15.7. The molecule has 36 heavy (non-hydrogen) atoms. The van der Waals surface area contributed by atoms with Crippen molar-refractivity contribution in [2.24, 2.45) is 11.3 Å². The zero-order valence-corrected chi connectivity index (χ0v) is 23.5. The van der Waals surface area contributed by atoms with E-state index in [4.69, 9.17) is 4.74 Å². The molecule has 0 spiro atoms. The van der Waals surface area contributed by atoms with Crippen LogP contribution in [0.4, 0.5) is 4.39 Å². The molecule has 3 rings (SSSR count). The van der Waals surface area contributed by atoms with Crippen LogP contribution in [0.2, 0.25) is 0 Å². The number of hydrogen-bond donors (Lipinski definition) is 0. The fourth-order valence-corrected chi connectivity index (χ4v) is 6.51. The smallest absolute Gasteiger partial charge is 0.254 e. The second-order valence-corrected chi connectivity index (χ2v) is 14.2. The third kappa shape index (κ3) is 6.87. The molecule has 2 aromatic rings. The molecule has 0 saturated carbocycles. The van der Waals surface area contributed by atoms with Crippen molar-refractivity contribution < 1.29 is 22.3 Å². The molecule has 7 heteroatoms. The lowest BCUT2D eigenvalue weighted by atomic mass is 9.80. The maximum absolute atomic E-state index is 13.8. The van der Waals surface area contributed by atoms with Crippen LogP contribution in [0.15, 0.2) is 41.3 Å². The Balaban J connectivity index is 1.80. The number of nitrogens with zero attached hydrogens (tertiary/aromatic N) is 1. The van der Waals surface area contributed by atoms with Gasteiger partial charge in [-0.25, -0.2) is 12.8 Å². The van der Waals surface area contributed by atoms with E-state index >= 15 is 0 Å². The number of likely N-dealkylation sites (tertiary alicyclic amines) is 1. The number of rotatable bonds is 6. The van der Waals surface area contributed by atoms with Crippen molar-refractivity contribution in [1.82, 2.24) is 4.90 Å². The monoisotopic (exact) mass is 517 g/mol. The first-order valence-electron chi connectivity index (χ1n) is 12.6. The summed E-state index contributed by atoms with van der Waals surface area (Å²) in [6.07, 6.45) is 1.97. The van der Waals surface area contributed by atoms with Gasteiger partial charge in [0, 0.05) is 24.2 Å². The van der Waals surface area contributed by atoms with E-state index in [2.05, 4.69) is 41.5 Å². The van der Waals surface area contributed by atoms with E-state index in [1.165, 1.54) is 24.3 Å². The molecular weight excluding hydrogens is 477 g/mol. The minimum absolute atomic E-state index is 0.00659. The fraction of sp³-hybridized carbons (Fsp3) is 0.552. The first kappa shape index (κ1) is 28.2. The van der Waals surface area contributed by atoms with Crippen molar-refractivity contribution in [3.8, 4) is 5.75 Å². The van der Waals surface area contributed by atoms with Crippen LogP contribution in [0, 0.1) is 17.2 Å². The molecule has 5 nitrogen and oxygen atoms in total. The van der Waals surface area contributed by atoms with Crippen molar-refractivity contribution in [1.29, 1.82) is 0 Å². The van der Waals surface area contributed by atoms with Gasteiger partial charge in [-0.3, -0.25) is 4.79 Å². The van der Waals surface area contributed by atoms with Crippen LogP contribution < -0.4 is 4.74 Å². The van der Waals surface area contributed by atoms with Crippen molar-refractivity contribution in [3.05, 3.63) is 58.9 Å². The van der Waals surface area contributed by atoms with Crippen LogP contribution in [0.25, 0.3) is 0 Å². The average molecular weight is 518 g/mol. The summed E-state index contributed by atoms with van der Waals surface area (Å²) in [5.74, 6) is 0.288. The molecule has 1 saturated heterocycles. The van der Waals surface area contributed by atoms with Gasteiger partial charge in [-0.15, -0.1) is 0 Å². The van der Waals surface area contributed by atoms with Gasteiger partial charge in [-0.2, -0.15) is 0 Å². The summed E-state index contributed by atoms with van der Waals surface area (Å²) in [6.45, 7) is 13.8. The lowest BCUT2D eigenvalue weighted by Gasteiger charge is -2.33. The van der Waals surface area contributed by atoms with Gasteiger partial charge in [0.1, 0.15) is 11.6 Å². The van der Waals surface area contributed by atoms with Gasteiger partial charge >= 0.3 is 0 Å². The summed E-state index contributed by atoms with van der Waals surface area (Å²) in [6, 6.07) is 8.98. The van der Waals surface area contributed by atoms with Gasteiger partial charge in [0.25, 0.3) is 5.91 Å². The first-order valence-corrected chi connectivity index (χ1v) is 14.2. The van der Waals surface area contributed by atoms with Gasteiger partial charge in [-0.05, 0) is 78.0 Å². The van der Waals surface area contributed by atoms with Crippen LogP contribution >= 0.6 is 0 Å². The average Bonchev–Trinajstić information content (AvgIpc) is 2.77. The topological polar surface area (TPSA) is 63.7 Å². The third-order valence-electron chi connectivity index (χ3n) is 6.71. The molecule has 0 unspecified atom stereocenters. The Hall–Kier alpha value is -2.41. The van der Waals surface area contributed by atoms with Crippen molar-refractivity contribution in [2.75, 3.05) is 26.0 Å². The van der Waals surface area contributed by atoms with Crippen LogP contribution in [0.3, 0.4) is 0 Å². The number of benzene rings is 2. The number of hydrogen-bond acceptors (Lipinski definition) is 4. The van der Waals surface area contributed by atoms with Crippen molar-refractivity contribution in [2.45, 2.75) is 71.1 Å². The third-order valence-corrected chi connectivity index (χ3v) is 8.61. The second-order valence-electron chi connectivity index (χ2n) is 12.2. The molecule has 1 amide bonds.